The van der Waals surface area contributed by atoms with E-state index < -0.39 is 18.1 Å². The zero-order chi connectivity index (χ0) is 24.4. The number of nitrogens with one attached hydrogen (secondary N) is 3. The molecule has 0 saturated heterocycles. The second-order valence-electron chi connectivity index (χ2n) is 5.34. The summed E-state index contributed by atoms with van der Waals surface area (Å²) >= 11 is 0. The second-order valence-corrected chi connectivity index (χ2v) is 5.34. The van der Waals surface area contributed by atoms with Gasteiger partial charge in [-0.15, -0.1) is 0 Å². The van der Waals surface area contributed by atoms with Gasteiger partial charge in [0.15, 0.2) is 6.10 Å². The van der Waals surface area contributed by atoms with E-state index in [2.05, 4.69) is 21.7 Å². The highest BCUT2D eigenvalue weighted by molar-refractivity contribution is 5.81. The fourth-order valence-electron chi connectivity index (χ4n) is 1.78. The number of primary amides is 1. The lowest BCUT2D eigenvalue weighted by Crippen LogP contribution is -2.44. The number of unbranched alkanes of at least 4 members (excludes halogenated alkanes) is 1. The molecule has 10 nitrogen and oxygen atoms in total. The summed E-state index contributed by atoms with van der Waals surface area (Å²) in [5.74, 6) is -0.808. The van der Waals surface area contributed by atoms with Crippen LogP contribution < -0.4 is 21.7 Å². The van der Waals surface area contributed by atoms with Gasteiger partial charge in [0.2, 0.25) is 18.2 Å². The third kappa shape index (κ3) is 25.8. The van der Waals surface area contributed by atoms with Crippen LogP contribution in [0.2, 0.25) is 0 Å². The van der Waals surface area contributed by atoms with E-state index in [4.69, 9.17) is 4.79 Å². The minimum atomic E-state index is -1.50. The number of amides is 4. The van der Waals surface area contributed by atoms with E-state index in [1.54, 1.807) is 13.8 Å². The number of rotatable bonds is 12. The van der Waals surface area contributed by atoms with Crippen molar-refractivity contribution in [3.8, 4) is 0 Å². The highest BCUT2D eigenvalue weighted by Gasteiger charge is 2.23. The Labute approximate surface area is 181 Å². The minimum absolute atomic E-state index is 0.0277. The van der Waals surface area contributed by atoms with Crippen molar-refractivity contribution in [1.82, 2.24) is 16.0 Å². The van der Waals surface area contributed by atoms with Crippen molar-refractivity contribution in [1.29, 1.82) is 0 Å². The molecule has 2 unspecified atom stereocenters. The van der Waals surface area contributed by atoms with Gasteiger partial charge in [-0.1, -0.05) is 41.5 Å². The molecule has 0 spiro atoms. The lowest BCUT2D eigenvalue weighted by molar-refractivity contribution is -0.135. The van der Waals surface area contributed by atoms with Crippen molar-refractivity contribution in [2.24, 2.45) is 5.73 Å². The van der Waals surface area contributed by atoms with Gasteiger partial charge in [0.25, 0.3) is 5.91 Å². The highest BCUT2D eigenvalue weighted by atomic mass is 16.3. The predicted molar refractivity (Wildman–Crippen MR) is 118 cm³/mol. The molecular formula is C20H44N4O6. The molecule has 0 rings (SSSR count). The third-order valence-electron chi connectivity index (χ3n) is 3.27. The zero-order valence-electron chi connectivity index (χ0n) is 19.5. The number of nitrogens with two attached hydrogens (primary N) is 1. The van der Waals surface area contributed by atoms with Crippen LogP contribution in [0.1, 0.15) is 73.6 Å². The van der Waals surface area contributed by atoms with Gasteiger partial charge in [-0.2, -0.15) is 0 Å². The van der Waals surface area contributed by atoms with Gasteiger partial charge in [0, 0.05) is 32.5 Å². The molecule has 0 aliphatic rings. The van der Waals surface area contributed by atoms with Crippen LogP contribution in [0.15, 0.2) is 0 Å². The maximum atomic E-state index is 11.6. The summed E-state index contributed by atoms with van der Waals surface area (Å²) in [6.07, 6.45) is -0.0798. The van der Waals surface area contributed by atoms with Crippen LogP contribution in [-0.4, -0.2) is 66.2 Å². The van der Waals surface area contributed by atoms with Crippen LogP contribution >= 0.6 is 0 Å². The summed E-state index contributed by atoms with van der Waals surface area (Å²) in [7, 11) is 0. The Balaban J connectivity index is -0.000000427. The SMILES string of the molecule is CC.CC.CCC(=O)NCCCCC(O)C(O)C(=O)NCCNC(=O)CC.NC=O. The highest BCUT2D eigenvalue weighted by Crippen LogP contribution is 2.05. The smallest absolute Gasteiger partial charge is 0.251 e. The maximum Gasteiger partial charge on any atom is 0.251 e. The quantitative estimate of drug-likeness (QED) is 0.188. The summed E-state index contributed by atoms with van der Waals surface area (Å²) in [6.45, 7) is 12.5. The van der Waals surface area contributed by atoms with Crippen LogP contribution in [0.5, 0.6) is 0 Å². The third-order valence-corrected chi connectivity index (χ3v) is 3.27. The Morgan fingerprint density at radius 3 is 1.67 bits per heavy atom. The van der Waals surface area contributed by atoms with Crippen molar-refractivity contribution in [3.05, 3.63) is 0 Å². The number of aliphatic hydroxyl groups is 2. The van der Waals surface area contributed by atoms with Gasteiger partial charge in [-0.25, -0.2) is 0 Å². The topological polar surface area (TPSA) is 171 Å². The lowest BCUT2D eigenvalue weighted by atomic mass is 10.1. The fraction of sp³-hybridized carbons (Fsp3) is 0.800. The van der Waals surface area contributed by atoms with Crippen molar-refractivity contribution in [2.75, 3.05) is 19.6 Å². The Hall–Kier alpha value is -2.20. The van der Waals surface area contributed by atoms with Gasteiger partial charge in [-0.3, -0.25) is 19.2 Å². The van der Waals surface area contributed by atoms with E-state index in [9.17, 15) is 24.6 Å². The number of hydrogen-bond acceptors (Lipinski definition) is 6. The molecule has 0 heterocycles. The average Bonchev–Trinajstić information content (AvgIpc) is 2.78. The molecule has 0 bridgehead atoms. The molecule has 2 atom stereocenters. The first-order chi connectivity index (χ1) is 14.3. The number of carbonyl (C=O) groups is 4. The zero-order valence-corrected chi connectivity index (χ0v) is 19.5. The number of carbonyl (C=O) groups excluding carboxylic acids is 4. The summed E-state index contributed by atoms with van der Waals surface area (Å²) < 4.78 is 0. The van der Waals surface area contributed by atoms with E-state index in [1.165, 1.54) is 0 Å². The molecule has 0 aliphatic heterocycles. The first kappa shape index (κ1) is 35.3. The van der Waals surface area contributed by atoms with Crippen molar-refractivity contribution in [3.63, 3.8) is 0 Å². The van der Waals surface area contributed by atoms with Crippen LogP contribution in [-0.2, 0) is 19.2 Å². The molecular weight excluding hydrogens is 392 g/mol. The molecule has 0 radical (unpaired) electrons. The molecule has 30 heavy (non-hydrogen) atoms. The fourth-order valence-corrected chi connectivity index (χ4v) is 1.78. The molecule has 0 aliphatic carbocycles. The van der Waals surface area contributed by atoms with E-state index in [0.29, 0.717) is 32.2 Å². The van der Waals surface area contributed by atoms with Crippen LogP contribution in [0.3, 0.4) is 0 Å². The van der Waals surface area contributed by atoms with Gasteiger partial charge >= 0.3 is 0 Å². The van der Waals surface area contributed by atoms with E-state index >= 15 is 0 Å². The number of hydrogen-bond donors (Lipinski definition) is 6. The Kier molecular flexibility index (Phi) is 34.1. The van der Waals surface area contributed by atoms with E-state index in [-0.39, 0.29) is 37.7 Å². The summed E-state index contributed by atoms with van der Waals surface area (Å²) in [5.41, 5.74) is 4.17. The summed E-state index contributed by atoms with van der Waals surface area (Å²) in [5, 5.41) is 27.2. The molecule has 10 heteroatoms. The van der Waals surface area contributed by atoms with Crippen molar-refractivity contribution < 1.29 is 29.4 Å². The summed E-state index contributed by atoms with van der Waals surface area (Å²) in [4.78, 5) is 42.2. The molecule has 0 aromatic carbocycles. The molecule has 0 saturated carbocycles. The molecule has 0 aromatic rings. The van der Waals surface area contributed by atoms with Crippen molar-refractivity contribution in [2.45, 2.75) is 85.9 Å². The lowest BCUT2D eigenvalue weighted by Gasteiger charge is -2.17. The second kappa shape index (κ2) is 29.0. The largest absolute Gasteiger partial charge is 0.390 e. The molecule has 180 valence electrons. The average molecular weight is 437 g/mol. The Morgan fingerprint density at radius 2 is 1.23 bits per heavy atom. The van der Waals surface area contributed by atoms with Crippen LogP contribution in [0, 0.1) is 0 Å². The van der Waals surface area contributed by atoms with Gasteiger partial charge in [-0.05, 0) is 19.3 Å². The molecule has 7 N–H and O–H groups in total. The standard InChI is InChI=1S/C15H29N3O5.2C2H6.CH3NO/c1-3-12(20)16-8-6-5-7-11(19)14(22)15(23)18-10-9-17-13(21)4-2;2*1-2;2-1-3/h11,14,19,22H,3-10H2,1-2H3,(H,16,20)(H,17,21)(H,18,23);2*1-2H3;1H,(H2,2,3). The predicted octanol–water partition coefficient (Wildman–Crippen LogP) is 0.201. The van der Waals surface area contributed by atoms with Crippen LogP contribution in [0.25, 0.3) is 0 Å². The Morgan fingerprint density at radius 1 is 0.833 bits per heavy atom. The minimum Gasteiger partial charge on any atom is -0.390 e. The first-order valence-corrected chi connectivity index (χ1v) is 10.7. The van der Waals surface area contributed by atoms with Crippen molar-refractivity contribution >= 4 is 24.1 Å². The monoisotopic (exact) mass is 436 g/mol. The Bertz CT molecular complexity index is 422. The molecule has 0 fully saturated rings. The first-order valence-electron chi connectivity index (χ1n) is 10.7. The molecule has 0 aromatic heterocycles. The van der Waals surface area contributed by atoms with Gasteiger partial charge in [0.05, 0.1) is 6.10 Å². The van der Waals surface area contributed by atoms with E-state index in [0.717, 1.165) is 0 Å². The normalized spacial score (nSPS) is 10.8. The van der Waals surface area contributed by atoms with E-state index in [1.807, 2.05) is 27.7 Å². The number of aliphatic hydroxyl groups excluding tert-OH is 2. The maximum absolute atomic E-state index is 11.6. The summed E-state index contributed by atoms with van der Waals surface area (Å²) in [6, 6.07) is 0. The molecule has 4 amide bonds. The van der Waals surface area contributed by atoms with Crippen LogP contribution in [0.4, 0.5) is 0 Å². The van der Waals surface area contributed by atoms with Gasteiger partial charge in [0.1, 0.15) is 0 Å². The van der Waals surface area contributed by atoms with Gasteiger partial charge < -0.3 is 31.9 Å².